The van der Waals surface area contributed by atoms with Gasteiger partial charge in [-0.2, -0.15) is 5.26 Å². The number of ether oxygens (including phenoxy) is 2. The summed E-state index contributed by atoms with van der Waals surface area (Å²) in [4.78, 5) is 25.4. The molecule has 0 radical (unpaired) electrons. The first kappa shape index (κ1) is 21.3. The SMILES string of the molecule is C#CCOC(=O)Nc1cccc(OC(=O)N(C)C(C#N)C(C)c2ccccc2)c1. The summed E-state index contributed by atoms with van der Waals surface area (Å²) in [5, 5.41) is 12.1. The van der Waals surface area contributed by atoms with Crippen LogP contribution in [0.4, 0.5) is 15.3 Å². The third-order valence-electron chi connectivity index (χ3n) is 4.21. The van der Waals surface area contributed by atoms with Gasteiger partial charge in [-0.05, 0) is 17.7 Å². The monoisotopic (exact) mass is 391 g/mol. The van der Waals surface area contributed by atoms with E-state index in [1.54, 1.807) is 18.2 Å². The number of nitrogens with one attached hydrogen (secondary N) is 1. The van der Waals surface area contributed by atoms with Crippen LogP contribution in [-0.2, 0) is 4.74 Å². The number of carbonyl (C=O) groups excluding carboxylic acids is 2. The molecule has 0 saturated heterocycles. The van der Waals surface area contributed by atoms with Crippen LogP contribution < -0.4 is 10.1 Å². The second-order valence-corrected chi connectivity index (χ2v) is 6.19. The molecule has 2 amide bonds. The number of anilines is 1. The lowest BCUT2D eigenvalue weighted by Gasteiger charge is -2.27. The Morgan fingerprint density at radius 1 is 1.21 bits per heavy atom. The van der Waals surface area contributed by atoms with E-state index in [-0.39, 0.29) is 18.3 Å². The second-order valence-electron chi connectivity index (χ2n) is 6.19. The Bertz CT molecular complexity index is 931. The highest BCUT2D eigenvalue weighted by atomic mass is 16.6. The van der Waals surface area contributed by atoms with Crippen molar-refractivity contribution in [3.8, 4) is 24.2 Å². The molecular formula is C22H21N3O4. The lowest BCUT2D eigenvalue weighted by molar-refractivity contribution is 0.150. The van der Waals surface area contributed by atoms with Crippen LogP contribution in [0, 0.1) is 23.7 Å². The van der Waals surface area contributed by atoms with Crippen molar-refractivity contribution in [1.29, 1.82) is 5.26 Å². The van der Waals surface area contributed by atoms with Crippen LogP contribution in [0.25, 0.3) is 0 Å². The maximum Gasteiger partial charge on any atom is 0.416 e. The number of hydrogen-bond acceptors (Lipinski definition) is 5. The van der Waals surface area contributed by atoms with Crippen molar-refractivity contribution in [2.24, 2.45) is 0 Å². The molecule has 2 aromatic rings. The molecule has 0 heterocycles. The Balaban J connectivity index is 2.05. The Morgan fingerprint density at radius 2 is 1.93 bits per heavy atom. The first-order chi connectivity index (χ1) is 14.0. The van der Waals surface area contributed by atoms with E-state index in [4.69, 9.17) is 15.9 Å². The summed E-state index contributed by atoms with van der Waals surface area (Å²) in [5.74, 6) is 2.19. The Labute approximate surface area is 169 Å². The smallest absolute Gasteiger partial charge is 0.416 e. The molecule has 0 aliphatic heterocycles. The van der Waals surface area contributed by atoms with Gasteiger partial charge in [0.05, 0.1) is 6.07 Å². The van der Waals surface area contributed by atoms with Gasteiger partial charge in [0.2, 0.25) is 0 Å². The molecule has 0 aliphatic carbocycles. The predicted molar refractivity (Wildman–Crippen MR) is 108 cm³/mol. The summed E-state index contributed by atoms with van der Waals surface area (Å²) in [5.41, 5.74) is 1.31. The second kappa shape index (κ2) is 10.4. The molecule has 2 aromatic carbocycles. The van der Waals surface area contributed by atoms with E-state index in [2.05, 4.69) is 17.3 Å². The molecule has 2 atom stereocenters. The van der Waals surface area contributed by atoms with Crippen molar-refractivity contribution in [2.75, 3.05) is 19.0 Å². The number of nitrogens with zero attached hydrogens (tertiary/aromatic N) is 2. The molecule has 0 spiro atoms. The molecule has 148 valence electrons. The topological polar surface area (TPSA) is 91.7 Å². The van der Waals surface area contributed by atoms with Crippen molar-refractivity contribution >= 4 is 17.9 Å². The maximum atomic E-state index is 12.5. The Hall–Kier alpha value is -3.97. The molecule has 1 N–H and O–H groups in total. The molecule has 0 fully saturated rings. The van der Waals surface area contributed by atoms with Gasteiger partial charge in [-0.1, -0.05) is 49.2 Å². The third kappa shape index (κ3) is 6.02. The molecule has 0 aromatic heterocycles. The van der Waals surface area contributed by atoms with Crippen molar-refractivity contribution in [1.82, 2.24) is 4.90 Å². The molecule has 0 saturated carbocycles. The summed E-state index contributed by atoms with van der Waals surface area (Å²) < 4.78 is 10.1. The number of carbonyl (C=O) groups is 2. The standard InChI is InChI=1S/C22H21N3O4/c1-4-13-28-21(26)24-18-11-8-12-19(14-18)29-22(27)25(3)20(15-23)16(2)17-9-6-5-7-10-17/h1,5-12,14,16,20H,13H2,2-3H3,(H,24,26). The number of likely N-dealkylation sites (N-methyl/N-ethyl adjacent to an activating group) is 1. The normalized spacial score (nSPS) is 11.9. The quantitative estimate of drug-likeness (QED) is 0.752. The van der Waals surface area contributed by atoms with Crippen LogP contribution >= 0.6 is 0 Å². The number of rotatable bonds is 6. The molecule has 2 rings (SSSR count). The van der Waals surface area contributed by atoms with E-state index in [9.17, 15) is 14.9 Å². The van der Waals surface area contributed by atoms with E-state index in [0.717, 1.165) is 5.56 Å². The van der Waals surface area contributed by atoms with E-state index in [1.807, 2.05) is 37.3 Å². The fraction of sp³-hybridized carbons (Fsp3) is 0.227. The minimum absolute atomic E-state index is 0.152. The van der Waals surface area contributed by atoms with Gasteiger partial charge in [-0.25, -0.2) is 9.59 Å². The highest BCUT2D eigenvalue weighted by Crippen LogP contribution is 2.24. The largest absolute Gasteiger partial charge is 0.436 e. The maximum absolute atomic E-state index is 12.5. The van der Waals surface area contributed by atoms with Gasteiger partial charge in [-0.3, -0.25) is 10.2 Å². The molecule has 7 heteroatoms. The zero-order valence-corrected chi connectivity index (χ0v) is 16.2. The minimum atomic E-state index is -0.718. The summed E-state index contributed by atoms with van der Waals surface area (Å²) in [7, 11) is 1.51. The van der Waals surface area contributed by atoms with Gasteiger partial charge in [-0.15, -0.1) is 6.42 Å². The summed E-state index contributed by atoms with van der Waals surface area (Å²) in [6.45, 7) is 1.72. The third-order valence-corrected chi connectivity index (χ3v) is 4.21. The predicted octanol–water partition coefficient (Wildman–Crippen LogP) is 3.99. The van der Waals surface area contributed by atoms with Crippen LogP contribution in [0.15, 0.2) is 54.6 Å². The summed E-state index contributed by atoms with van der Waals surface area (Å²) in [6.07, 6.45) is 3.63. The van der Waals surface area contributed by atoms with Gasteiger partial charge >= 0.3 is 12.2 Å². The van der Waals surface area contributed by atoms with Crippen molar-refractivity contribution in [3.05, 3.63) is 60.2 Å². The van der Waals surface area contributed by atoms with Crippen LogP contribution in [-0.4, -0.2) is 36.8 Å². The minimum Gasteiger partial charge on any atom is -0.436 e. The first-order valence-corrected chi connectivity index (χ1v) is 8.82. The van der Waals surface area contributed by atoms with Crippen LogP contribution in [0.2, 0.25) is 0 Å². The molecule has 7 nitrogen and oxygen atoms in total. The summed E-state index contributed by atoms with van der Waals surface area (Å²) in [6, 6.07) is 17.1. The zero-order chi connectivity index (χ0) is 21.2. The fourth-order valence-corrected chi connectivity index (χ4v) is 2.66. The highest BCUT2D eigenvalue weighted by Gasteiger charge is 2.27. The fourth-order valence-electron chi connectivity index (χ4n) is 2.66. The van der Waals surface area contributed by atoms with Crippen LogP contribution in [0.3, 0.4) is 0 Å². The van der Waals surface area contributed by atoms with Crippen molar-refractivity contribution in [2.45, 2.75) is 18.9 Å². The van der Waals surface area contributed by atoms with Gasteiger partial charge in [0.1, 0.15) is 11.8 Å². The van der Waals surface area contributed by atoms with E-state index in [1.165, 1.54) is 18.0 Å². The number of hydrogen-bond donors (Lipinski definition) is 1. The number of nitriles is 1. The molecular weight excluding hydrogens is 370 g/mol. The van der Waals surface area contributed by atoms with Gasteiger partial charge in [0.15, 0.2) is 6.61 Å². The number of amides is 2. The van der Waals surface area contributed by atoms with Crippen LogP contribution in [0.5, 0.6) is 5.75 Å². The molecule has 29 heavy (non-hydrogen) atoms. The average molecular weight is 391 g/mol. The van der Waals surface area contributed by atoms with E-state index in [0.29, 0.717) is 5.69 Å². The first-order valence-electron chi connectivity index (χ1n) is 8.82. The van der Waals surface area contributed by atoms with Crippen molar-refractivity contribution in [3.63, 3.8) is 0 Å². The lowest BCUT2D eigenvalue weighted by atomic mass is 9.93. The van der Waals surface area contributed by atoms with Gasteiger partial charge < -0.3 is 9.47 Å². The van der Waals surface area contributed by atoms with E-state index < -0.39 is 18.2 Å². The Morgan fingerprint density at radius 3 is 2.59 bits per heavy atom. The van der Waals surface area contributed by atoms with E-state index >= 15 is 0 Å². The van der Waals surface area contributed by atoms with Gasteiger partial charge in [0, 0.05) is 24.7 Å². The zero-order valence-electron chi connectivity index (χ0n) is 16.2. The molecule has 2 unspecified atom stereocenters. The number of benzene rings is 2. The molecule has 0 aliphatic rings. The highest BCUT2D eigenvalue weighted by molar-refractivity contribution is 5.85. The number of terminal acetylenes is 1. The lowest BCUT2D eigenvalue weighted by Crippen LogP contribution is -2.41. The summed E-state index contributed by atoms with van der Waals surface area (Å²) >= 11 is 0. The van der Waals surface area contributed by atoms with Gasteiger partial charge in [0.25, 0.3) is 0 Å². The van der Waals surface area contributed by atoms with Crippen LogP contribution in [0.1, 0.15) is 18.4 Å². The average Bonchev–Trinajstić information content (AvgIpc) is 2.73. The Kier molecular flexibility index (Phi) is 7.64. The molecule has 0 bridgehead atoms. The van der Waals surface area contributed by atoms with Crippen molar-refractivity contribution < 1.29 is 19.1 Å².